The Morgan fingerprint density at radius 1 is 1.00 bits per heavy atom. The Balaban J connectivity index is 1.94. The molecule has 1 rings (SSSR count). The van der Waals surface area contributed by atoms with Crippen LogP contribution < -0.4 is 0 Å². The minimum atomic E-state index is 0.801. The van der Waals surface area contributed by atoms with Crippen LogP contribution in [0.3, 0.4) is 0 Å². The second-order valence-corrected chi connectivity index (χ2v) is 6.65. The molecule has 1 fully saturated rings. The molecule has 0 aromatic carbocycles. The Bertz CT molecular complexity index is 196. The molecule has 2 heteroatoms. The van der Waals surface area contributed by atoms with Crippen LogP contribution in [0.15, 0.2) is 0 Å². The number of hydrogen-bond acceptors (Lipinski definition) is 1. The van der Waals surface area contributed by atoms with Gasteiger partial charge in [0.1, 0.15) is 0 Å². The Labute approximate surface area is 123 Å². The smallest absolute Gasteiger partial charge is 0.0218 e. The monoisotopic (exact) mass is 317 g/mol. The second kappa shape index (κ2) is 10.3. The lowest BCUT2D eigenvalue weighted by atomic mass is 10.0. The lowest BCUT2D eigenvalue weighted by molar-refractivity contribution is 0.246. The molecule has 0 radical (unpaired) electrons. The van der Waals surface area contributed by atoms with E-state index in [1.807, 2.05) is 0 Å². The molecule has 1 aliphatic heterocycles. The van der Waals surface area contributed by atoms with E-state index in [1.54, 1.807) is 0 Å². The number of nitrogens with zero attached hydrogens (tertiary/aromatic N) is 1. The van der Waals surface area contributed by atoms with Crippen LogP contribution in [-0.2, 0) is 0 Å². The van der Waals surface area contributed by atoms with Gasteiger partial charge in [-0.2, -0.15) is 0 Å². The van der Waals surface area contributed by atoms with Crippen LogP contribution in [0.2, 0.25) is 0 Å². The summed E-state index contributed by atoms with van der Waals surface area (Å²) >= 11 is 3.67. The van der Waals surface area contributed by atoms with Gasteiger partial charge in [-0.1, -0.05) is 74.7 Å². The zero-order valence-electron chi connectivity index (χ0n) is 12.5. The number of alkyl halides is 1. The van der Waals surface area contributed by atoms with Gasteiger partial charge in [-0.05, 0) is 31.8 Å². The highest BCUT2D eigenvalue weighted by molar-refractivity contribution is 9.09. The molecule has 0 aliphatic carbocycles. The summed E-state index contributed by atoms with van der Waals surface area (Å²) in [6, 6.07) is 0.801. The van der Waals surface area contributed by atoms with Gasteiger partial charge in [-0.15, -0.1) is 0 Å². The van der Waals surface area contributed by atoms with Gasteiger partial charge in [-0.25, -0.2) is 0 Å². The topological polar surface area (TPSA) is 3.24 Å². The fraction of sp³-hybridized carbons (Fsp3) is 1.00. The third kappa shape index (κ3) is 6.06. The van der Waals surface area contributed by atoms with E-state index < -0.39 is 0 Å². The Kier molecular flexibility index (Phi) is 9.40. The molecule has 108 valence electrons. The van der Waals surface area contributed by atoms with Crippen LogP contribution in [0.1, 0.15) is 71.6 Å². The van der Waals surface area contributed by atoms with Crippen molar-refractivity contribution in [3.8, 4) is 0 Å². The maximum atomic E-state index is 3.67. The van der Waals surface area contributed by atoms with E-state index in [9.17, 15) is 0 Å². The van der Waals surface area contributed by atoms with E-state index in [0.717, 1.165) is 17.3 Å². The predicted octanol–water partition coefficient (Wildman–Crippen LogP) is 5.23. The lowest BCUT2D eigenvalue weighted by Crippen LogP contribution is -2.34. The lowest BCUT2D eigenvalue weighted by Gasteiger charge is -2.24. The molecule has 0 aromatic rings. The van der Waals surface area contributed by atoms with Crippen LogP contribution >= 0.6 is 15.9 Å². The molecule has 0 aromatic heterocycles. The zero-order chi connectivity index (χ0) is 13.2. The summed E-state index contributed by atoms with van der Waals surface area (Å²) in [5.41, 5.74) is 0. The van der Waals surface area contributed by atoms with Crippen molar-refractivity contribution in [3.63, 3.8) is 0 Å². The molecule has 0 spiro atoms. The number of rotatable bonds is 10. The Morgan fingerprint density at radius 3 is 2.22 bits per heavy atom. The average Bonchev–Trinajstić information content (AvgIpc) is 2.73. The maximum Gasteiger partial charge on any atom is 0.0218 e. The van der Waals surface area contributed by atoms with Gasteiger partial charge < -0.3 is 0 Å². The standard InChI is InChI=1S/C16H32BrN/c1-3-4-5-6-7-8-9-10-12-18-13-11-15(2)16(18)14-17/h15-16H,3-14H2,1-2H3. The van der Waals surface area contributed by atoms with E-state index >= 15 is 0 Å². The molecule has 0 amide bonds. The van der Waals surface area contributed by atoms with Crippen LogP contribution in [0.25, 0.3) is 0 Å². The van der Waals surface area contributed by atoms with Crippen molar-refractivity contribution in [2.45, 2.75) is 77.7 Å². The quantitative estimate of drug-likeness (QED) is 0.394. The molecule has 1 saturated heterocycles. The molecular formula is C16H32BrN. The number of likely N-dealkylation sites (tertiary alicyclic amines) is 1. The summed E-state index contributed by atoms with van der Waals surface area (Å²) in [6.07, 6.45) is 12.8. The molecule has 1 aliphatic rings. The summed E-state index contributed by atoms with van der Waals surface area (Å²) < 4.78 is 0. The van der Waals surface area contributed by atoms with Crippen molar-refractivity contribution >= 4 is 15.9 Å². The van der Waals surface area contributed by atoms with Crippen LogP contribution in [0.5, 0.6) is 0 Å². The molecule has 1 heterocycles. The first-order valence-corrected chi connectivity index (χ1v) is 9.21. The SMILES string of the molecule is CCCCCCCCCCN1CCC(C)C1CBr. The van der Waals surface area contributed by atoms with Crippen molar-refractivity contribution in [2.24, 2.45) is 5.92 Å². The summed E-state index contributed by atoms with van der Waals surface area (Å²) in [7, 11) is 0. The molecular weight excluding hydrogens is 286 g/mol. The first-order valence-electron chi connectivity index (χ1n) is 8.09. The summed E-state index contributed by atoms with van der Waals surface area (Å²) in [4.78, 5) is 2.70. The normalized spacial score (nSPS) is 24.8. The third-order valence-electron chi connectivity index (χ3n) is 4.45. The van der Waals surface area contributed by atoms with Crippen LogP contribution in [0, 0.1) is 5.92 Å². The molecule has 0 bridgehead atoms. The van der Waals surface area contributed by atoms with Gasteiger partial charge in [0.2, 0.25) is 0 Å². The number of hydrogen-bond donors (Lipinski definition) is 0. The number of halogens is 1. The van der Waals surface area contributed by atoms with E-state index in [4.69, 9.17) is 0 Å². The summed E-state index contributed by atoms with van der Waals surface area (Å²) in [5.74, 6) is 0.887. The van der Waals surface area contributed by atoms with Crippen molar-refractivity contribution in [3.05, 3.63) is 0 Å². The molecule has 2 unspecified atom stereocenters. The molecule has 0 saturated carbocycles. The average molecular weight is 318 g/mol. The number of unbranched alkanes of at least 4 members (excludes halogenated alkanes) is 7. The fourth-order valence-electron chi connectivity index (χ4n) is 3.06. The van der Waals surface area contributed by atoms with Crippen molar-refractivity contribution < 1.29 is 0 Å². The van der Waals surface area contributed by atoms with E-state index in [-0.39, 0.29) is 0 Å². The first kappa shape index (κ1) is 16.5. The summed E-state index contributed by atoms with van der Waals surface area (Å²) in [5, 5.41) is 1.16. The van der Waals surface area contributed by atoms with E-state index in [1.165, 1.54) is 70.9 Å². The molecule has 0 N–H and O–H groups in total. The van der Waals surface area contributed by atoms with Gasteiger partial charge in [-0.3, -0.25) is 4.90 Å². The Morgan fingerprint density at radius 2 is 1.61 bits per heavy atom. The van der Waals surface area contributed by atoms with Gasteiger partial charge in [0.15, 0.2) is 0 Å². The third-order valence-corrected chi connectivity index (χ3v) is 5.12. The van der Waals surface area contributed by atoms with Gasteiger partial charge in [0.25, 0.3) is 0 Å². The van der Waals surface area contributed by atoms with E-state index in [0.29, 0.717) is 0 Å². The second-order valence-electron chi connectivity index (χ2n) is 6.00. The van der Waals surface area contributed by atoms with Crippen LogP contribution in [-0.4, -0.2) is 29.4 Å². The molecule has 2 atom stereocenters. The first-order chi connectivity index (χ1) is 8.79. The Hall–Kier alpha value is 0.440. The van der Waals surface area contributed by atoms with Gasteiger partial charge in [0, 0.05) is 11.4 Å². The predicted molar refractivity (Wildman–Crippen MR) is 85.5 cm³/mol. The highest BCUT2D eigenvalue weighted by atomic mass is 79.9. The minimum absolute atomic E-state index is 0.801. The van der Waals surface area contributed by atoms with Gasteiger partial charge >= 0.3 is 0 Å². The fourth-order valence-corrected chi connectivity index (χ4v) is 4.11. The highest BCUT2D eigenvalue weighted by Gasteiger charge is 2.29. The van der Waals surface area contributed by atoms with Gasteiger partial charge in [0.05, 0.1) is 0 Å². The van der Waals surface area contributed by atoms with Crippen LogP contribution in [0.4, 0.5) is 0 Å². The largest absolute Gasteiger partial charge is 0.299 e. The molecule has 18 heavy (non-hydrogen) atoms. The maximum absolute atomic E-state index is 3.67. The molecule has 1 nitrogen and oxygen atoms in total. The summed E-state index contributed by atoms with van der Waals surface area (Å²) in [6.45, 7) is 7.35. The minimum Gasteiger partial charge on any atom is -0.299 e. The van der Waals surface area contributed by atoms with Crippen molar-refractivity contribution in [1.82, 2.24) is 4.90 Å². The zero-order valence-corrected chi connectivity index (χ0v) is 14.1. The van der Waals surface area contributed by atoms with E-state index in [2.05, 4.69) is 34.7 Å². The van der Waals surface area contributed by atoms with Crippen molar-refractivity contribution in [2.75, 3.05) is 18.4 Å². The van der Waals surface area contributed by atoms with Crippen molar-refractivity contribution in [1.29, 1.82) is 0 Å². The highest BCUT2D eigenvalue weighted by Crippen LogP contribution is 2.25.